The lowest BCUT2D eigenvalue weighted by atomic mass is 9.91. The third kappa shape index (κ3) is 8.71. The number of anilines is 1. The molecule has 39 heavy (non-hydrogen) atoms. The van der Waals surface area contributed by atoms with Crippen molar-refractivity contribution < 1.29 is 23.9 Å². The maximum atomic E-state index is 14.2. The van der Waals surface area contributed by atoms with Crippen molar-refractivity contribution in [3.8, 4) is 0 Å². The molecular weight excluding hydrogens is 520 g/mol. The van der Waals surface area contributed by atoms with Crippen molar-refractivity contribution in [1.29, 1.82) is 0 Å². The molecule has 4 N–H and O–H groups in total. The Hall–Kier alpha value is -3.59. The summed E-state index contributed by atoms with van der Waals surface area (Å²) >= 11 is 6.39. The zero-order valence-electron chi connectivity index (χ0n) is 23.6. The van der Waals surface area contributed by atoms with Gasteiger partial charge in [-0.05, 0) is 65.2 Å². The van der Waals surface area contributed by atoms with Crippen LogP contribution in [0.4, 0.5) is 10.5 Å². The van der Waals surface area contributed by atoms with Gasteiger partial charge >= 0.3 is 6.09 Å². The second-order valence-electron chi connectivity index (χ2n) is 11.0. The molecule has 0 aliphatic rings. The molecule has 0 aromatic heterocycles. The van der Waals surface area contributed by atoms with Gasteiger partial charge in [0.2, 0.25) is 11.8 Å². The number of carbonyl (C=O) groups is 4. The quantitative estimate of drug-likeness (QED) is 0.373. The summed E-state index contributed by atoms with van der Waals surface area (Å²) in [5.74, 6) is -1.97. The number of benzene rings is 2. The fourth-order valence-corrected chi connectivity index (χ4v) is 4.27. The summed E-state index contributed by atoms with van der Waals surface area (Å²) in [6, 6.07) is 11.5. The second kappa shape index (κ2) is 13.0. The summed E-state index contributed by atoms with van der Waals surface area (Å²) in [5, 5.41) is 5.73. The first-order chi connectivity index (χ1) is 18.1. The van der Waals surface area contributed by atoms with Gasteiger partial charge in [0.25, 0.3) is 5.91 Å². The molecule has 9 nitrogen and oxygen atoms in total. The van der Waals surface area contributed by atoms with Crippen LogP contribution in [0.25, 0.3) is 0 Å². The topological polar surface area (TPSA) is 131 Å². The van der Waals surface area contributed by atoms with E-state index in [4.69, 9.17) is 22.1 Å². The zero-order valence-corrected chi connectivity index (χ0v) is 24.4. The molecule has 2 rings (SSSR count). The largest absolute Gasteiger partial charge is 0.444 e. The van der Waals surface area contributed by atoms with Crippen LogP contribution in [0, 0.1) is 6.92 Å². The van der Waals surface area contributed by atoms with E-state index in [2.05, 4.69) is 10.6 Å². The van der Waals surface area contributed by atoms with Gasteiger partial charge in [-0.1, -0.05) is 61.0 Å². The van der Waals surface area contributed by atoms with Crippen molar-refractivity contribution >= 4 is 41.1 Å². The number of halogens is 1. The highest BCUT2D eigenvalue weighted by Crippen LogP contribution is 2.34. The summed E-state index contributed by atoms with van der Waals surface area (Å²) in [7, 11) is 0. The summed E-state index contributed by atoms with van der Waals surface area (Å²) in [5.41, 5.74) is 5.43. The number of carbonyl (C=O) groups excluding carboxylic acids is 4. The number of nitrogens with two attached hydrogens (primary N) is 1. The fraction of sp³-hybridized carbons (Fsp3) is 0.448. The number of nitrogens with zero attached hydrogens (tertiary/aromatic N) is 1. The third-order valence-electron chi connectivity index (χ3n) is 6.24. The Morgan fingerprint density at radius 2 is 1.62 bits per heavy atom. The minimum absolute atomic E-state index is 0.348. The molecule has 2 aromatic rings. The summed E-state index contributed by atoms with van der Waals surface area (Å²) in [4.78, 5) is 54.3. The standard InChI is InChI=1S/C29H39ClN4O5/c1-8-29(6,7)34(26(37)21(17-22(31)35)32-27(38)39-28(3,4)5)24(19-14-10-9-11-15-19)25(36)33-23-18(2)13-12-16-20(23)30/h9-16,21,24H,8,17H2,1-7H3,(H2,31,35)(H,32,38)(H,33,36). The molecule has 2 atom stereocenters. The van der Waals surface area contributed by atoms with E-state index in [1.807, 2.05) is 33.8 Å². The third-order valence-corrected chi connectivity index (χ3v) is 6.56. The van der Waals surface area contributed by atoms with Gasteiger partial charge in [-0.3, -0.25) is 14.4 Å². The van der Waals surface area contributed by atoms with Crippen molar-refractivity contribution in [2.45, 2.75) is 84.5 Å². The molecule has 0 radical (unpaired) electrons. The van der Waals surface area contributed by atoms with E-state index in [0.29, 0.717) is 22.7 Å². The Morgan fingerprint density at radius 3 is 2.13 bits per heavy atom. The Balaban J connectivity index is 2.64. The lowest BCUT2D eigenvalue weighted by Crippen LogP contribution is -2.59. The minimum Gasteiger partial charge on any atom is -0.444 e. The second-order valence-corrected chi connectivity index (χ2v) is 11.4. The molecule has 10 heteroatoms. The summed E-state index contributed by atoms with van der Waals surface area (Å²) in [6.45, 7) is 12.3. The number of amides is 4. The maximum Gasteiger partial charge on any atom is 0.408 e. The monoisotopic (exact) mass is 558 g/mol. The van der Waals surface area contributed by atoms with Gasteiger partial charge in [0, 0.05) is 5.54 Å². The molecular formula is C29H39ClN4O5. The average Bonchev–Trinajstić information content (AvgIpc) is 2.82. The number of para-hydroxylation sites is 1. The minimum atomic E-state index is -1.37. The molecule has 212 valence electrons. The first kappa shape index (κ1) is 31.6. The Morgan fingerprint density at radius 1 is 1.00 bits per heavy atom. The van der Waals surface area contributed by atoms with Crippen molar-refractivity contribution in [2.75, 3.05) is 5.32 Å². The highest BCUT2D eigenvalue weighted by atomic mass is 35.5. The van der Waals surface area contributed by atoms with E-state index >= 15 is 0 Å². The molecule has 4 amide bonds. The predicted molar refractivity (Wildman–Crippen MR) is 152 cm³/mol. The van der Waals surface area contributed by atoms with Crippen LogP contribution in [0.15, 0.2) is 48.5 Å². The van der Waals surface area contributed by atoms with Crippen molar-refractivity contribution in [1.82, 2.24) is 10.2 Å². The highest BCUT2D eigenvalue weighted by molar-refractivity contribution is 6.34. The van der Waals surface area contributed by atoms with Crippen LogP contribution in [0.2, 0.25) is 5.02 Å². The van der Waals surface area contributed by atoms with Gasteiger partial charge in [0.1, 0.15) is 17.7 Å². The highest BCUT2D eigenvalue weighted by Gasteiger charge is 2.43. The Labute approximate surface area is 235 Å². The molecule has 0 aliphatic heterocycles. The zero-order chi connectivity index (χ0) is 29.5. The Kier molecular flexibility index (Phi) is 10.5. The van der Waals surface area contributed by atoms with E-state index in [0.717, 1.165) is 5.56 Å². The number of primary amides is 1. The van der Waals surface area contributed by atoms with Crippen LogP contribution in [0.5, 0.6) is 0 Å². The Bertz CT molecular complexity index is 1170. The predicted octanol–water partition coefficient (Wildman–Crippen LogP) is 5.11. The van der Waals surface area contributed by atoms with Crippen LogP contribution in [-0.2, 0) is 19.1 Å². The molecule has 2 unspecified atom stereocenters. The molecule has 0 aliphatic carbocycles. The lowest BCUT2D eigenvalue weighted by molar-refractivity contribution is -0.148. The average molecular weight is 559 g/mol. The van der Waals surface area contributed by atoms with Gasteiger partial charge in [-0.2, -0.15) is 0 Å². The lowest BCUT2D eigenvalue weighted by Gasteiger charge is -2.44. The molecule has 2 aromatic carbocycles. The SMILES string of the molecule is CCC(C)(C)N(C(=O)C(CC(N)=O)NC(=O)OC(C)(C)C)C(C(=O)Nc1c(C)cccc1Cl)c1ccccc1. The first-order valence-electron chi connectivity index (χ1n) is 12.8. The number of hydrogen-bond acceptors (Lipinski definition) is 5. The van der Waals surface area contributed by atoms with Gasteiger partial charge in [-0.25, -0.2) is 4.79 Å². The maximum absolute atomic E-state index is 14.2. The van der Waals surface area contributed by atoms with Crippen LogP contribution in [0.3, 0.4) is 0 Å². The van der Waals surface area contributed by atoms with Gasteiger partial charge in [-0.15, -0.1) is 0 Å². The van der Waals surface area contributed by atoms with E-state index in [1.165, 1.54) is 4.90 Å². The smallest absolute Gasteiger partial charge is 0.408 e. The van der Waals surface area contributed by atoms with E-state index in [-0.39, 0.29) is 0 Å². The van der Waals surface area contributed by atoms with Gasteiger partial charge < -0.3 is 26.0 Å². The molecule has 0 saturated carbocycles. The molecule has 0 saturated heterocycles. The normalized spacial score (nSPS) is 13.1. The van der Waals surface area contributed by atoms with Crippen LogP contribution < -0.4 is 16.4 Å². The molecule has 0 bridgehead atoms. The number of aryl methyl sites for hydroxylation is 1. The van der Waals surface area contributed by atoms with E-state index in [9.17, 15) is 19.2 Å². The van der Waals surface area contributed by atoms with Gasteiger partial charge in [0.05, 0.1) is 17.1 Å². The van der Waals surface area contributed by atoms with Crippen molar-refractivity contribution in [3.63, 3.8) is 0 Å². The summed E-state index contributed by atoms with van der Waals surface area (Å²) in [6.07, 6.45) is -0.916. The first-order valence-corrected chi connectivity index (χ1v) is 13.2. The number of alkyl carbamates (subject to hydrolysis) is 1. The summed E-state index contributed by atoms with van der Waals surface area (Å²) < 4.78 is 5.32. The number of hydrogen-bond donors (Lipinski definition) is 3. The molecule has 0 fully saturated rings. The number of ether oxygens (including phenoxy) is 1. The van der Waals surface area contributed by atoms with Gasteiger partial charge in [0.15, 0.2) is 0 Å². The van der Waals surface area contributed by atoms with Crippen LogP contribution >= 0.6 is 11.6 Å². The number of nitrogens with one attached hydrogen (secondary N) is 2. The van der Waals surface area contributed by atoms with E-state index < -0.39 is 53.5 Å². The van der Waals surface area contributed by atoms with Crippen molar-refractivity contribution in [2.24, 2.45) is 5.73 Å². The van der Waals surface area contributed by atoms with Crippen LogP contribution in [0.1, 0.15) is 71.6 Å². The van der Waals surface area contributed by atoms with Crippen LogP contribution in [-0.4, -0.2) is 45.9 Å². The fourth-order valence-electron chi connectivity index (χ4n) is 4.00. The van der Waals surface area contributed by atoms with Crippen molar-refractivity contribution in [3.05, 3.63) is 64.7 Å². The van der Waals surface area contributed by atoms with E-state index in [1.54, 1.807) is 63.2 Å². The number of rotatable bonds is 10. The molecule has 0 spiro atoms. The molecule has 0 heterocycles.